The minimum Gasteiger partial charge on any atom is -0.509 e. The molecule has 0 saturated carbocycles. The van der Waals surface area contributed by atoms with E-state index < -0.39 is 17.7 Å². The second-order valence-corrected chi connectivity index (χ2v) is 21.8. The summed E-state index contributed by atoms with van der Waals surface area (Å²) in [4.78, 5) is 9.07. The van der Waals surface area contributed by atoms with Crippen LogP contribution in [-0.2, 0) is 37.3 Å². The zero-order chi connectivity index (χ0) is 55.2. The van der Waals surface area contributed by atoms with Gasteiger partial charge in [-0.15, -0.1) is 48.1 Å². The molecule has 1 aliphatic heterocycles. The zero-order valence-electron chi connectivity index (χ0n) is 48.7. The van der Waals surface area contributed by atoms with E-state index in [1.165, 1.54) is 5.56 Å². The monoisotopic (exact) mass is 1140 g/mol. The quantitative estimate of drug-likeness (QED) is 0.142. The minimum atomic E-state index is -2.30. The normalized spacial score (nSPS) is 14.2. The van der Waals surface area contributed by atoms with Crippen molar-refractivity contribution in [2.24, 2.45) is 0 Å². The third-order valence-corrected chi connectivity index (χ3v) is 13.5. The van der Waals surface area contributed by atoms with Crippen molar-refractivity contribution in [3.8, 4) is 50.7 Å². The van der Waals surface area contributed by atoms with Crippen LogP contribution in [0.4, 0.5) is 22.7 Å². The van der Waals surface area contributed by atoms with Crippen molar-refractivity contribution < 1.29 is 34.0 Å². The van der Waals surface area contributed by atoms with Gasteiger partial charge in [0.15, 0.2) is 0 Å². The molecule has 0 spiro atoms. The van der Waals surface area contributed by atoms with E-state index in [-0.39, 0.29) is 50.2 Å². The molecule has 3 heterocycles. The summed E-state index contributed by atoms with van der Waals surface area (Å²) >= 11 is 0. The first kappa shape index (κ1) is 42.3. The predicted octanol–water partition coefficient (Wildman–Crippen LogP) is 18.2. The molecular weight excluding hydrogens is 1070 g/mol. The van der Waals surface area contributed by atoms with Crippen LogP contribution in [0.15, 0.2) is 182 Å². The van der Waals surface area contributed by atoms with E-state index in [2.05, 4.69) is 95.8 Å². The molecule has 0 radical (unpaired) electrons. The van der Waals surface area contributed by atoms with E-state index in [0.717, 1.165) is 61.4 Å². The Bertz CT molecular complexity index is 3940. The zero-order valence-corrected chi connectivity index (χ0v) is 45.0. The van der Waals surface area contributed by atoms with E-state index in [4.69, 9.17) is 13.8 Å². The van der Waals surface area contributed by atoms with E-state index in [1.807, 2.05) is 151 Å². The van der Waals surface area contributed by atoms with E-state index in [9.17, 15) is 4.11 Å². The molecule has 6 heteroatoms. The van der Waals surface area contributed by atoms with E-state index in [0.29, 0.717) is 45.0 Å². The number of fused-ring (bicyclic) bond motifs is 4. The van der Waals surface area contributed by atoms with Crippen LogP contribution in [0.3, 0.4) is 0 Å². The van der Waals surface area contributed by atoms with Gasteiger partial charge >= 0.3 is 0 Å². The molecule has 0 unspecified atom stereocenters. The number of rotatable bonds is 8. The number of nitrogens with zero attached hydrogens (tertiary/aromatic N) is 4. The molecule has 0 saturated heterocycles. The Hall–Kier alpha value is -7.20. The number of aryl methyl sites for hydroxylation is 1. The van der Waals surface area contributed by atoms with Crippen LogP contribution in [0.5, 0.6) is 11.5 Å². The van der Waals surface area contributed by atoms with Crippen LogP contribution in [0.2, 0.25) is 0 Å². The number of aromatic nitrogens is 2. The molecule has 0 fully saturated rings. The van der Waals surface area contributed by atoms with Crippen molar-refractivity contribution in [2.75, 3.05) is 9.80 Å². The summed E-state index contributed by atoms with van der Waals surface area (Å²) in [7, 11) is 0. The molecule has 11 rings (SSSR count). The number of benzene rings is 8. The average Bonchev–Trinajstić information content (AvgIpc) is 4.01. The third kappa shape index (κ3) is 9.41. The molecule has 0 atom stereocenters. The van der Waals surface area contributed by atoms with Gasteiger partial charge in [-0.2, -0.15) is 12.1 Å². The van der Waals surface area contributed by atoms with Gasteiger partial charge in [0.25, 0.3) is 0 Å². The topological polar surface area (TPSA) is 33.5 Å². The molecule has 0 N–H and O–H groups in total. The molecule has 368 valence electrons. The molecule has 0 amide bonds. The Morgan fingerprint density at radius 3 is 1.82 bits per heavy atom. The second-order valence-electron chi connectivity index (χ2n) is 21.8. The molecule has 5 nitrogen and oxygen atoms in total. The van der Waals surface area contributed by atoms with Crippen molar-refractivity contribution in [3.63, 3.8) is 0 Å². The average molecular weight is 1140 g/mol. The molecule has 1 aliphatic rings. The smallest absolute Gasteiger partial charge is 0.135 e. The first-order chi connectivity index (χ1) is 37.0. The SMILES string of the molecule is [2H]c1c(-c2cccc(-c3ccc(-c4ccccc4C([2H])([2H])[2H])cc3)c2N2[CH-]N(c3[c-]c(Oc4[c-]c5c(cc4)c4ccccc4n5-c4cc(C(C)(C)C)ccn4)ccc3)c3ccccc32)c([2H])c(C(C)(C)C)c([2H])c1C(C)(C)C.[Pt]. The molecule has 10 aromatic rings. The Labute approximate surface area is 454 Å². The van der Waals surface area contributed by atoms with Crippen LogP contribution >= 0.6 is 0 Å². The first-order valence-electron chi connectivity index (χ1n) is 27.6. The molecule has 2 aromatic heterocycles. The van der Waals surface area contributed by atoms with Gasteiger partial charge in [0, 0.05) is 76.6 Å². The molecule has 0 aliphatic carbocycles. The Morgan fingerprint density at radius 2 is 1.12 bits per heavy atom. The Kier molecular flexibility index (Phi) is 11.0. The molecule has 73 heavy (non-hydrogen) atoms. The number of ether oxygens (including phenoxy) is 1. The fourth-order valence-corrected chi connectivity index (χ4v) is 9.57. The maximum atomic E-state index is 10.0. The van der Waals surface area contributed by atoms with Crippen molar-refractivity contribution >= 4 is 44.6 Å². The van der Waals surface area contributed by atoms with Gasteiger partial charge in [0.1, 0.15) is 5.82 Å². The number of para-hydroxylation sites is 4. The van der Waals surface area contributed by atoms with Crippen molar-refractivity contribution in [3.05, 3.63) is 223 Å². The van der Waals surface area contributed by atoms with Crippen molar-refractivity contribution in [1.82, 2.24) is 9.55 Å². The fourth-order valence-electron chi connectivity index (χ4n) is 9.57. The molecular formula is C67H61N4OPt-3. The van der Waals surface area contributed by atoms with Crippen LogP contribution in [0.1, 0.15) is 92.8 Å². The summed E-state index contributed by atoms with van der Waals surface area (Å²) in [6, 6.07) is 59.3. The van der Waals surface area contributed by atoms with Crippen LogP contribution < -0.4 is 14.5 Å². The Balaban J connectivity index is 0.00000704. The maximum absolute atomic E-state index is 10.0. The third-order valence-electron chi connectivity index (χ3n) is 13.5. The number of hydrogen-bond acceptors (Lipinski definition) is 4. The standard InChI is InChI=1S/C67H61N4O.Pt/c1-44-19-11-12-22-54(44)45-29-31-46(32-30-45)55-24-18-25-56(47-37-49(66(5,6)7)39-50(38-47)67(8,9)10)64(55)70-43-69(60-27-15-16-28-61(60)70)51-20-17-21-52(41-51)72-53-33-34-58-57-23-13-14-26-59(57)71(62(58)42-53)63-40-48(35-36-68-63)65(2,3)4;/h11-40,43H,1-10H3;/q-3;/i1D3,37D,38D,39D;. The summed E-state index contributed by atoms with van der Waals surface area (Å²) in [6.07, 6.45) is 1.87. The number of anilines is 4. The van der Waals surface area contributed by atoms with Gasteiger partial charge < -0.3 is 19.1 Å². The van der Waals surface area contributed by atoms with Gasteiger partial charge in [-0.3, -0.25) is 0 Å². The summed E-state index contributed by atoms with van der Waals surface area (Å²) in [5.41, 5.74) is 10.6. The number of hydrogen-bond donors (Lipinski definition) is 0. The van der Waals surface area contributed by atoms with Gasteiger partial charge in [-0.05, 0) is 103 Å². The van der Waals surface area contributed by atoms with E-state index >= 15 is 0 Å². The van der Waals surface area contributed by atoms with Crippen molar-refractivity contribution in [1.29, 1.82) is 0 Å². The summed E-state index contributed by atoms with van der Waals surface area (Å²) < 4.78 is 63.3. The maximum Gasteiger partial charge on any atom is 0.135 e. The van der Waals surface area contributed by atoms with Crippen LogP contribution in [0.25, 0.3) is 61.0 Å². The molecule has 8 aromatic carbocycles. The van der Waals surface area contributed by atoms with Crippen molar-refractivity contribution in [2.45, 2.75) is 85.4 Å². The second kappa shape index (κ2) is 19.0. The fraction of sp³-hybridized carbons (Fsp3) is 0.194. The van der Waals surface area contributed by atoms with Gasteiger partial charge in [-0.1, -0.05) is 183 Å². The number of pyridine rings is 1. The van der Waals surface area contributed by atoms with Crippen LogP contribution in [0, 0.1) is 25.7 Å². The minimum absolute atomic E-state index is 0. The predicted molar refractivity (Wildman–Crippen MR) is 301 cm³/mol. The van der Waals surface area contributed by atoms with Crippen LogP contribution in [-0.4, -0.2) is 9.55 Å². The first-order valence-corrected chi connectivity index (χ1v) is 24.6. The van der Waals surface area contributed by atoms with Gasteiger partial charge in [0.2, 0.25) is 0 Å². The largest absolute Gasteiger partial charge is 0.509 e. The van der Waals surface area contributed by atoms with E-state index in [1.54, 1.807) is 12.1 Å². The van der Waals surface area contributed by atoms with Gasteiger partial charge in [0.05, 0.1) is 4.11 Å². The summed E-state index contributed by atoms with van der Waals surface area (Å²) in [5, 5.41) is 2.13. The summed E-state index contributed by atoms with van der Waals surface area (Å²) in [5.74, 6) is 1.81. The summed E-state index contributed by atoms with van der Waals surface area (Å²) in [6.45, 7) is 18.5. The Morgan fingerprint density at radius 1 is 0.534 bits per heavy atom. The molecule has 0 bridgehead atoms. The van der Waals surface area contributed by atoms with Gasteiger partial charge in [-0.25, -0.2) is 4.98 Å².